The zero-order valence-electron chi connectivity index (χ0n) is 9.30. The van der Waals surface area contributed by atoms with Crippen LogP contribution in [0.1, 0.15) is 12.0 Å². The van der Waals surface area contributed by atoms with E-state index in [0.717, 1.165) is 19.5 Å². The van der Waals surface area contributed by atoms with E-state index in [9.17, 15) is 8.42 Å². The normalized spacial score (nSPS) is 21.5. The lowest BCUT2D eigenvalue weighted by molar-refractivity contribution is 0.287. The summed E-state index contributed by atoms with van der Waals surface area (Å²) in [6, 6.07) is 10.2. The SMILES string of the molecule is O=S1(=O)CCCN(Cc2ccccc2)CC1. The minimum Gasteiger partial charge on any atom is -0.298 e. The molecule has 16 heavy (non-hydrogen) atoms. The van der Waals surface area contributed by atoms with E-state index in [4.69, 9.17) is 0 Å². The van der Waals surface area contributed by atoms with Crippen molar-refractivity contribution < 1.29 is 8.42 Å². The van der Waals surface area contributed by atoms with Gasteiger partial charge in [-0.25, -0.2) is 8.42 Å². The van der Waals surface area contributed by atoms with Crippen LogP contribution in [0, 0.1) is 0 Å². The average Bonchev–Trinajstić information content (AvgIpc) is 2.42. The van der Waals surface area contributed by atoms with Crippen molar-refractivity contribution in [3.05, 3.63) is 35.9 Å². The van der Waals surface area contributed by atoms with E-state index in [1.807, 2.05) is 18.2 Å². The largest absolute Gasteiger partial charge is 0.298 e. The summed E-state index contributed by atoms with van der Waals surface area (Å²) < 4.78 is 22.9. The van der Waals surface area contributed by atoms with Gasteiger partial charge in [-0.2, -0.15) is 0 Å². The van der Waals surface area contributed by atoms with Gasteiger partial charge in [0.2, 0.25) is 0 Å². The van der Waals surface area contributed by atoms with Crippen LogP contribution in [-0.4, -0.2) is 37.9 Å². The van der Waals surface area contributed by atoms with Crippen LogP contribution in [0.2, 0.25) is 0 Å². The van der Waals surface area contributed by atoms with Crippen molar-refractivity contribution in [1.29, 1.82) is 0 Å². The lowest BCUT2D eigenvalue weighted by atomic mass is 10.2. The molecule has 4 heteroatoms. The zero-order chi connectivity index (χ0) is 11.4. The number of hydrogen-bond donors (Lipinski definition) is 0. The minimum absolute atomic E-state index is 0.305. The number of nitrogens with zero attached hydrogens (tertiary/aromatic N) is 1. The highest BCUT2D eigenvalue weighted by atomic mass is 32.2. The van der Waals surface area contributed by atoms with Crippen molar-refractivity contribution in [3.63, 3.8) is 0 Å². The van der Waals surface area contributed by atoms with Gasteiger partial charge in [0.15, 0.2) is 9.84 Å². The molecule has 88 valence electrons. The Bertz CT molecular complexity index is 428. The van der Waals surface area contributed by atoms with Gasteiger partial charge in [-0.15, -0.1) is 0 Å². The fraction of sp³-hybridized carbons (Fsp3) is 0.500. The molecule has 0 unspecified atom stereocenters. The zero-order valence-corrected chi connectivity index (χ0v) is 10.1. The number of sulfone groups is 1. The molecule has 0 aliphatic carbocycles. The molecule has 0 radical (unpaired) electrons. The highest BCUT2D eigenvalue weighted by Gasteiger charge is 2.18. The summed E-state index contributed by atoms with van der Waals surface area (Å²) in [7, 11) is -2.79. The van der Waals surface area contributed by atoms with Crippen molar-refractivity contribution in [3.8, 4) is 0 Å². The summed E-state index contributed by atoms with van der Waals surface area (Å²) >= 11 is 0. The molecular weight excluding hydrogens is 222 g/mol. The first-order chi connectivity index (χ1) is 7.66. The van der Waals surface area contributed by atoms with E-state index < -0.39 is 9.84 Å². The first kappa shape index (κ1) is 11.6. The molecule has 1 heterocycles. The maximum atomic E-state index is 11.4. The third kappa shape index (κ3) is 3.32. The highest BCUT2D eigenvalue weighted by molar-refractivity contribution is 7.91. The first-order valence-electron chi connectivity index (χ1n) is 5.62. The second kappa shape index (κ2) is 4.97. The molecule has 0 amide bonds. The molecule has 0 spiro atoms. The summed E-state index contributed by atoms with van der Waals surface area (Å²) in [5.41, 5.74) is 1.25. The molecular formula is C12H17NO2S. The van der Waals surface area contributed by atoms with Gasteiger partial charge in [0.25, 0.3) is 0 Å². The molecule has 0 N–H and O–H groups in total. The Hall–Kier alpha value is -0.870. The summed E-state index contributed by atoms with van der Waals surface area (Å²) in [5, 5.41) is 0. The van der Waals surface area contributed by atoms with E-state index in [1.54, 1.807) is 0 Å². The molecule has 0 aromatic heterocycles. The van der Waals surface area contributed by atoms with Gasteiger partial charge < -0.3 is 0 Å². The smallest absolute Gasteiger partial charge is 0.151 e. The molecule has 1 fully saturated rings. The fourth-order valence-electron chi connectivity index (χ4n) is 1.99. The van der Waals surface area contributed by atoms with E-state index in [2.05, 4.69) is 17.0 Å². The minimum atomic E-state index is -2.79. The van der Waals surface area contributed by atoms with Gasteiger partial charge >= 0.3 is 0 Å². The molecule has 1 aliphatic heterocycles. The molecule has 0 bridgehead atoms. The van der Waals surface area contributed by atoms with Crippen molar-refractivity contribution in [2.45, 2.75) is 13.0 Å². The monoisotopic (exact) mass is 239 g/mol. The van der Waals surface area contributed by atoms with E-state index in [0.29, 0.717) is 18.1 Å². The molecule has 0 atom stereocenters. The molecule has 2 rings (SSSR count). The highest BCUT2D eigenvalue weighted by Crippen LogP contribution is 2.09. The van der Waals surface area contributed by atoms with Crippen LogP contribution in [0.5, 0.6) is 0 Å². The second-order valence-corrected chi connectivity index (χ2v) is 6.57. The van der Waals surface area contributed by atoms with Gasteiger partial charge in [0, 0.05) is 13.1 Å². The Kier molecular flexibility index (Phi) is 3.61. The van der Waals surface area contributed by atoms with Crippen molar-refractivity contribution in [2.24, 2.45) is 0 Å². The molecule has 1 aromatic rings. The summed E-state index contributed by atoms with van der Waals surface area (Å²) in [6.45, 7) is 2.40. The summed E-state index contributed by atoms with van der Waals surface area (Å²) in [5.74, 6) is 0.651. The van der Waals surface area contributed by atoms with Crippen LogP contribution in [0.4, 0.5) is 0 Å². The maximum Gasteiger partial charge on any atom is 0.151 e. The van der Waals surface area contributed by atoms with Crippen LogP contribution in [0.3, 0.4) is 0 Å². The van der Waals surface area contributed by atoms with Crippen molar-refractivity contribution in [1.82, 2.24) is 4.90 Å². The van der Waals surface area contributed by atoms with Crippen molar-refractivity contribution in [2.75, 3.05) is 24.6 Å². The fourth-order valence-corrected chi connectivity index (χ4v) is 3.30. The molecule has 0 saturated carbocycles. The molecule has 1 aliphatic rings. The quantitative estimate of drug-likeness (QED) is 0.781. The lowest BCUT2D eigenvalue weighted by Crippen LogP contribution is -2.26. The Morgan fingerprint density at radius 3 is 2.56 bits per heavy atom. The van der Waals surface area contributed by atoms with Crippen LogP contribution >= 0.6 is 0 Å². The Labute approximate surface area is 97.0 Å². The Morgan fingerprint density at radius 2 is 1.81 bits per heavy atom. The molecule has 1 aromatic carbocycles. The lowest BCUT2D eigenvalue weighted by Gasteiger charge is -2.18. The third-order valence-corrected chi connectivity index (χ3v) is 4.61. The first-order valence-corrected chi connectivity index (χ1v) is 7.44. The predicted molar refractivity (Wildman–Crippen MR) is 65.0 cm³/mol. The van der Waals surface area contributed by atoms with E-state index in [-0.39, 0.29) is 0 Å². The number of hydrogen-bond acceptors (Lipinski definition) is 3. The third-order valence-electron chi connectivity index (χ3n) is 2.90. The predicted octanol–water partition coefficient (Wildman–Crippen LogP) is 1.31. The van der Waals surface area contributed by atoms with Gasteiger partial charge in [-0.3, -0.25) is 4.90 Å². The van der Waals surface area contributed by atoms with Crippen molar-refractivity contribution >= 4 is 9.84 Å². The van der Waals surface area contributed by atoms with Gasteiger partial charge in [0.1, 0.15) is 0 Å². The van der Waals surface area contributed by atoms with Crippen LogP contribution in [-0.2, 0) is 16.4 Å². The van der Waals surface area contributed by atoms with Gasteiger partial charge in [0.05, 0.1) is 11.5 Å². The topological polar surface area (TPSA) is 37.4 Å². The van der Waals surface area contributed by atoms with E-state index in [1.165, 1.54) is 5.56 Å². The summed E-state index contributed by atoms with van der Waals surface area (Å²) in [4.78, 5) is 2.22. The summed E-state index contributed by atoms with van der Waals surface area (Å²) in [6.07, 6.45) is 0.759. The second-order valence-electron chi connectivity index (χ2n) is 4.27. The number of benzene rings is 1. The number of rotatable bonds is 2. The average molecular weight is 239 g/mol. The van der Waals surface area contributed by atoms with Crippen LogP contribution in [0.15, 0.2) is 30.3 Å². The standard InChI is InChI=1S/C12H17NO2S/c14-16(15)9-4-7-13(8-10-16)11-12-5-2-1-3-6-12/h1-3,5-6H,4,7-11H2. The van der Waals surface area contributed by atoms with Gasteiger partial charge in [-0.1, -0.05) is 30.3 Å². The maximum absolute atomic E-state index is 11.4. The molecule has 3 nitrogen and oxygen atoms in total. The van der Waals surface area contributed by atoms with E-state index >= 15 is 0 Å². The molecule has 1 saturated heterocycles. The Balaban J connectivity index is 1.97. The van der Waals surface area contributed by atoms with Crippen LogP contribution in [0.25, 0.3) is 0 Å². The van der Waals surface area contributed by atoms with Crippen LogP contribution < -0.4 is 0 Å². The van der Waals surface area contributed by atoms with Gasteiger partial charge in [-0.05, 0) is 18.5 Å². The Morgan fingerprint density at radius 1 is 1.06 bits per heavy atom.